The van der Waals surface area contributed by atoms with E-state index in [1.807, 2.05) is 12.1 Å². The van der Waals surface area contributed by atoms with Gasteiger partial charge in [-0.15, -0.1) is 0 Å². The van der Waals surface area contributed by atoms with Gasteiger partial charge >= 0.3 is 0 Å². The van der Waals surface area contributed by atoms with Crippen LogP contribution >= 0.6 is 0 Å². The summed E-state index contributed by atoms with van der Waals surface area (Å²) in [6, 6.07) is 15.2. The number of aliphatic hydroxyl groups is 1. The van der Waals surface area contributed by atoms with Crippen molar-refractivity contribution in [1.29, 1.82) is 0 Å². The molecule has 2 aromatic carbocycles. The Hall–Kier alpha value is -2.57. The molecule has 4 N–H and O–H groups in total. The first-order valence-corrected chi connectivity index (χ1v) is 9.01. The lowest BCUT2D eigenvalue weighted by molar-refractivity contribution is -0.121. The number of ether oxygens (including phenoxy) is 2. The highest BCUT2D eigenvalue weighted by Gasteiger charge is 2.27. The number of unbranched alkanes of at least 4 members (excludes halogenated alkanes) is 1. The van der Waals surface area contributed by atoms with Crippen molar-refractivity contribution in [2.45, 2.75) is 31.7 Å². The van der Waals surface area contributed by atoms with Crippen LogP contribution < -0.4 is 20.5 Å². The van der Waals surface area contributed by atoms with Crippen LogP contribution in [0.3, 0.4) is 0 Å². The minimum Gasteiger partial charge on any atom is -0.497 e. The summed E-state index contributed by atoms with van der Waals surface area (Å²) in [4.78, 5) is 11.9. The minimum atomic E-state index is -1.31. The highest BCUT2D eigenvalue weighted by Crippen LogP contribution is 2.18. The summed E-state index contributed by atoms with van der Waals surface area (Å²) >= 11 is 0. The topological polar surface area (TPSA) is 93.8 Å². The molecule has 1 amide bonds. The van der Waals surface area contributed by atoms with Gasteiger partial charge in [0.1, 0.15) is 17.0 Å². The minimum absolute atomic E-state index is 0.420. The number of rotatable bonds is 10. The zero-order chi connectivity index (χ0) is 19.7. The standard InChI is InChI=1S/C21H28N2O4/c1-21(22,15-24)20(25)23-17-8-12-19(13-9-17)27-14-4-3-5-16-6-10-18(26-2)11-7-16/h6-13,24H,3-5,14-15,22H2,1-2H3,(H,23,25). The number of benzene rings is 2. The Labute approximate surface area is 160 Å². The fourth-order valence-corrected chi connectivity index (χ4v) is 2.39. The van der Waals surface area contributed by atoms with E-state index in [0.29, 0.717) is 12.3 Å². The SMILES string of the molecule is COc1ccc(CCCCOc2ccc(NC(=O)C(C)(N)CO)cc2)cc1. The van der Waals surface area contributed by atoms with Gasteiger partial charge in [-0.1, -0.05) is 12.1 Å². The van der Waals surface area contributed by atoms with Crippen LogP contribution in [-0.2, 0) is 11.2 Å². The summed E-state index contributed by atoms with van der Waals surface area (Å²) in [6.07, 6.45) is 2.99. The molecule has 6 nitrogen and oxygen atoms in total. The van der Waals surface area contributed by atoms with Crippen molar-refractivity contribution < 1.29 is 19.4 Å². The molecule has 1 unspecified atom stereocenters. The molecule has 6 heteroatoms. The molecule has 27 heavy (non-hydrogen) atoms. The van der Waals surface area contributed by atoms with E-state index >= 15 is 0 Å². The van der Waals surface area contributed by atoms with Crippen molar-refractivity contribution in [3.8, 4) is 11.5 Å². The van der Waals surface area contributed by atoms with E-state index in [2.05, 4.69) is 17.4 Å². The van der Waals surface area contributed by atoms with Gasteiger partial charge in [0.25, 0.3) is 0 Å². The van der Waals surface area contributed by atoms with E-state index in [1.165, 1.54) is 12.5 Å². The molecule has 0 bridgehead atoms. The Morgan fingerprint density at radius 3 is 2.30 bits per heavy atom. The molecule has 0 aliphatic heterocycles. The van der Waals surface area contributed by atoms with Gasteiger partial charge in [-0.05, 0) is 68.1 Å². The molecule has 0 heterocycles. The smallest absolute Gasteiger partial charge is 0.246 e. The second-order valence-electron chi connectivity index (χ2n) is 6.71. The monoisotopic (exact) mass is 372 g/mol. The molecule has 1 atom stereocenters. The third-order valence-corrected chi connectivity index (χ3v) is 4.25. The molecule has 0 saturated heterocycles. The quantitative estimate of drug-likeness (QED) is 0.558. The largest absolute Gasteiger partial charge is 0.497 e. The van der Waals surface area contributed by atoms with Crippen molar-refractivity contribution >= 4 is 11.6 Å². The van der Waals surface area contributed by atoms with Gasteiger partial charge < -0.3 is 25.6 Å². The maximum atomic E-state index is 11.9. The van der Waals surface area contributed by atoms with E-state index in [-0.39, 0.29) is 0 Å². The van der Waals surface area contributed by atoms with Crippen LogP contribution in [0.25, 0.3) is 0 Å². The molecule has 0 radical (unpaired) electrons. The zero-order valence-corrected chi connectivity index (χ0v) is 15.9. The molecule has 0 fully saturated rings. The molecule has 0 aliphatic rings. The number of aryl methyl sites for hydroxylation is 1. The maximum absolute atomic E-state index is 11.9. The summed E-state index contributed by atoms with van der Waals surface area (Å²) in [6.45, 7) is 1.69. The third kappa shape index (κ3) is 6.58. The number of nitrogens with one attached hydrogen (secondary N) is 1. The van der Waals surface area contributed by atoms with Crippen LogP contribution in [0.1, 0.15) is 25.3 Å². The fourth-order valence-electron chi connectivity index (χ4n) is 2.39. The highest BCUT2D eigenvalue weighted by molar-refractivity contribution is 5.97. The fraction of sp³-hybridized carbons (Fsp3) is 0.381. The lowest BCUT2D eigenvalue weighted by Gasteiger charge is -2.20. The van der Waals surface area contributed by atoms with Crippen LogP contribution in [0.15, 0.2) is 48.5 Å². The van der Waals surface area contributed by atoms with Crippen molar-refractivity contribution in [2.75, 3.05) is 25.6 Å². The van der Waals surface area contributed by atoms with Crippen LogP contribution in [0.4, 0.5) is 5.69 Å². The summed E-state index contributed by atoms with van der Waals surface area (Å²) < 4.78 is 10.9. The number of anilines is 1. The van der Waals surface area contributed by atoms with E-state index in [0.717, 1.165) is 30.8 Å². The number of amides is 1. The molecule has 2 rings (SSSR count). The number of carbonyl (C=O) groups is 1. The van der Waals surface area contributed by atoms with Gasteiger partial charge in [-0.3, -0.25) is 4.79 Å². The molecule has 0 aromatic heterocycles. The summed E-state index contributed by atoms with van der Waals surface area (Å²) in [5.41, 5.74) is 6.28. The van der Waals surface area contributed by atoms with Crippen molar-refractivity contribution in [2.24, 2.45) is 5.73 Å². The average molecular weight is 372 g/mol. The van der Waals surface area contributed by atoms with Gasteiger partial charge in [0.2, 0.25) is 5.91 Å². The molecular weight excluding hydrogens is 344 g/mol. The van der Waals surface area contributed by atoms with Crippen LogP contribution in [0, 0.1) is 0 Å². The van der Waals surface area contributed by atoms with E-state index in [4.69, 9.17) is 20.3 Å². The first-order chi connectivity index (χ1) is 12.9. The zero-order valence-electron chi connectivity index (χ0n) is 15.9. The number of nitrogens with two attached hydrogens (primary N) is 1. The van der Waals surface area contributed by atoms with Crippen LogP contribution in [0.5, 0.6) is 11.5 Å². The normalized spacial score (nSPS) is 12.9. The predicted octanol–water partition coefficient (Wildman–Crippen LogP) is 2.75. The highest BCUT2D eigenvalue weighted by atomic mass is 16.5. The second kappa shape index (κ2) is 9.94. The molecule has 2 aromatic rings. The number of methoxy groups -OCH3 is 1. The van der Waals surface area contributed by atoms with Crippen LogP contribution in [0.2, 0.25) is 0 Å². The molecule has 146 valence electrons. The van der Waals surface area contributed by atoms with Gasteiger partial charge in [0.15, 0.2) is 0 Å². The summed E-state index contributed by atoms with van der Waals surface area (Å²) in [5, 5.41) is 11.8. The Bertz CT molecular complexity index is 712. The maximum Gasteiger partial charge on any atom is 0.246 e. The lowest BCUT2D eigenvalue weighted by atomic mass is 10.0. The molecule has 0 spiro atoms. The number of aliphatic hydroxyl groups excluding tert-OH is 1. The Morgan fingerprint density at radius 1 is 1.07 bits per heavy atom. The Morgan fingerprint density at radius 2 is 1.70 bits per heavy atom. The van der Waals surface area contributed by atoms with Crippen LogP contribution in [-0.4, -0.2) is 36.9 Å². The van der Waals surface area contributed by atoms with Gasteiger partial charge in [0.05, 0.1) is 20.3 Å². The van der Waals surface area contributed by atoms with Gasteiger partial charge in [-0.2, -0.15) is 0 Å². The van der Waals surface area contributed by atoms with Crippen molar-refractivity contribution in [1.82, 2.24) is 0 Å². The molecule has 0 aliphatic carbocycles. The third-order valence-electron chi connectivity index (χ3n) is 4.25. The lowest BCUT2D eigenvalue weighted by Crippen LogP contribution is -2.51. The number of hydrogen-bond donors (Lipinski definition) is 3. The van der Waals surface area contributed by atoms with E-state index < -0.39 is 18.1 Å². The van der Waals surface area contributed by atoms with Crippen molar-refractivity contribution in [3.63, 3.8) is 0 Å². The Kier molecular flexibility index (Phi) is 7.64. The van der Waals surface area contributed by atoms with Gasteiger partial charge in [0, 0.05) is 5.69 Å². The molecule has 0 saturated carbocycles. The molecular formula is C21H28N2O4. The first-order valence-electron chi connectivity index (χ1n) is 9.01. The Balaban J connectivity index is 1.69. The van der Waals surface area contributed by atoms with Crippen molar-refractivity contribution in [3.05, 3.63) is 54.1 Å². The van der Waals surface area contributed by atoms with E-state index in [1.54, 1.807) is 31.4 Å². The summed E-state index contributed by atoms with van der Waals surface area (Å²) in [7, 11) is 1.66. The number of hydrogen-bond acceptors (Lipinski definition) is 5. The summed E-state index contributed by atoms with van der Waals surface area (Å²) in [5.74, 6) is 1.18. The van der Waals surface area contributed by atoms with E-state index in [9.17, 15) is 4.79 Å². The average Bonchev–Trinajstić information content (AvgIpc) is 2.69. The predicted molar refractivity (Wildman–Crippen MR) is 106 cm³/mol. The second-order valence-corrected chi connectivity index (χ2v) is 6.71. The van der Waals surface area contributed by atoms with Gasteiger partial charge in [-0.25, -0.2) is 0 Å². The first kappa shape index (κ1) is 20.7. The number of carbonyl (C=O) groups excluding carboxylic acids is 1.